The summed E-state index contributed by atoms with van der Waals surface area (Å²) in [5, 5.41) is 11.9. The fourth-order valence-corrected chi connectivity index (χ4v) is 2.83. The van der Waals surface area contributed by atoms with Crippen molar-refractivity contribution in [2.24, 2.45) is 0 Å². The molecule has 0 aliphatic carbocycles. The molecule has 1 atom stereocenters. The largest absolute Gasteiger partial charge is 0.316 e. The van der Waals surface area contributed by atoms with Gasteiger partial charge in [-0.3, -0.25) is 9.88 Å². The van der Waals surface area contributed by atoms with Crippen LogP contribution in [0.25, 0.3) is 0 Å². The van der Waals surface area contributed by atoms with Gasteiger partial charge in [0.15, 0.2) is 0 Å². The zero-order valence-corrected chi connectivity index (χ0v) is 12.4. The van der Waals surface area contributed by atoms with Crippen molar-refractivity contribution in [3.63, 3.8) is 0 Å². The molecule has 0 radical (unpaired) electrons. The molecule has 112 valence electrons. The van der Waals surface area contributed by atoms with E-state index in [9.17, 15) is 0 Å². The molecular weight excluding hydrogens is 264 g/mol. The van der Waals surface area contributed by atoms with Crippen molar-refractivity contribution in [2.75, 3.05) is 20.1 Å². The first-order valence-corrected chi connectivity index (χ1v) is 7.51. The molecule has 0 bridgehead atoms. The molecule has 0 spiro atoms. The van der Waals surface area contributed by atoms with Gasteiger partial charge in [-0.1, -0.05) is 11.3 Å². The van der Waals surface area contributed by atoms with E-state index in [1.165, 1.54) is 12.8 Å². The second kappa shape index (κ2) is 6.78. The van der Waals surface area contributed by atoms with Crippen molar-refractivity contribution in [3.8, 4) is 0 Å². The highest BCUT2D eigenvalue weighted by atomic mass is 15.4. The van der Waals surface area contributed by atoms with Crippen LogP contribution >= 0.6 is 0 Å². The monoisotopic (exact) mass is 286 g/mol. The van der Waals surface area contributed by atoms with Gasteiger partial charge < -0.3 is 5.32 Å². The molecule has 2 aromatic heterocycles. The Morgan fingerprint density at radius 1 is 1.38 bits per heavy atom. The Kier molecular flexibility index (Phi) is 4.57. The number of rotatable bonds is 5. The third kappa shape index (κ3) is 3.86. The van der Waals surface area contributed by atoms with E-state index in [1.807, 2.05) is 30.2 Å². The van der Waals surface area contributed by atoms with Gasteiger partial charge in [-0.2, -0.15) is 0 Å². The van der Waals surface area contributed by atoms with Gasteiger partial charge in [0.25, 0.3) is 0 Å². The maximum Gasteiger partial charge on any atom is 0.0967 e. The van der Waals surface area contributed by atoms with Crippen molar-refractivity contribution in [2.45, 2.75) is 32.0 Å². The van der Waals surface area contributed by atoms with Crippen LogP contribution < -0.4 is 5.32 Å². The number of pyridine rings is 1. The average Bonchev–Trinajstić information content (AvgIpc) is 2.95. The molecule has 0 aromatic carbocycles. The van der Waals surface area contributed by atoms with Crippen molar-refractivity contribution in [3.05, 3.63) is 42.0 Å². The summed E-state index contributed by atoms with van der Waals surface area (Å²) in [5.74, 6) is 0. The first-order valence-electron chi connectivity index (χ1n) is 7.51. The van der Waals surface area contributed by atoms with E-state index in [1.54, 1.807) is 6.20 Å². The highest BCUT2D eigenvalue weighted by Gasteiger charge is 2.19. The molecule has 1 aliphatic rings. The summed E-state index contributed by atoms with van der Waals surface area (Å²) in [6, 6.07) is 4.60. The van der Waals surface area contributed by atoms with Gasteiger partial charge in [0.1, 0.15) is 0 Å². The number of aromatic nitrogens is 4. The zero-order valence-electron chi connectivity index (χ0n) is 12.4. The van der Waals surface area contributed by atoms with E-state index >= 15 is 0 Å². The first-order chi connectivity index (χ1) is 10.3. The van der Waals surface area contributed by atoms with Gasteiger partial charge in [-0.15, -0.1) is 5.10 Å². The second-order valence-electron chi connectivity index (χ2n) is 5.63. The molecule has 6 nitrogen and oxygen atoms in total. The number of likely N-dealkylation sites (N-methyl/N-ethyl adjacent to an activating group) is 1. The summed E-state index contributed by atoms with van der Waals surface area (Å²) in [6.45, 7) is 3.84. The lowest BCUT2D eigenvalue weighted by Gasteiger charge is -2.31. The van der Waals surface area contributed by atoms with Crippen LogP contribution in [0.5, 0.6) is 0 Å². The standard InChI is InChI=1S/C15H22N6/c1-16-14-5-3-7-20(10-14)11-15-12-21(19-18-15)9-13-4-2-6-17-8-13/h2,4,6,8,12,14,16H,3,5,7,9-11H2,1H3. The molecule has 3 heterocycles. The Bertz CT molecular complexity index is 552. The molecular formula is C15H22N6. The smallest absolute Gasteiger partial charge is 0.0967 e. The lowest BCUT2D eigenvalue weighted by molar-refractivity contribution is 0.186. The minimum atomic E-state index is 0.601. The normalized spacial score (nSPS) is 19.8. The molecule has 3 rings (SSSR count). The Labute approximate surface area is 125 Å². The number of hydrogen-bond donors (Lipinski definition) is 1. The predicted molar refractivity (Wildman–Crippen MR) is 80.7 cm³/mol. The summed E-state index contributed by atoms with van der Waals surface area (Å²) in [7, 11) is 2.04. The summed E-state index contributed by atoms with van der Waals surface area (Å²) >= 11 is 0. The van der Waals surface area contributed by atoms with Crippen LogP contribution in [-0.4, -0.2) is 51.1 Å². The molecule has 6 heteroatoms. The van der Waals surface area contributed by atoms with Gasteiger partial charge in [-0.05, 0) is 38.1 Å². The summed E-state index contributed by atoms with van der Waals surface area (Å²) < 4.78 is 1.88. The fourth-order valence-electron chi connectivity index (χ4n) is 2.83. The molecule has 1 N–H and O–H groups in total. The van der Waals surface area contributed by atoms with Crippen molar-refractivity contribution < 1.29 is 0 Å². The predicted octanol–water partition coefficient (Wildman–Crippen LogP) is 0.905. The highest BCUT2D eigenvalue weighted by Crippen LogP contribution is 2.12. The quantitative estimate of drug-likeness (QED) is 0.885. The van der Waals surface area contributed by atoms with Gasteiger partial charge in [0.05, 0.1) is 18.4 Å². The lowest BCUT2D eigenvalue weighted by atomic mass is 10.1. The van der Waals surface area contributed by atoms with E-state index in [4.69, 9.17) is 0 Å². The van der Waals surface area contributed by atoms with E-state index in [0.717, 1.165) is 37.4 Å². The highest BCUT2D eigenvalue weighted by molar-refractivity contribution is 5.09. The molecule has 0 saturated carbocycles. The van der Waals surface area contributed by atoms with Crippen LogP contribution in [0.15, 0.2) is 30.7 Å². The van der Waals surface area contributed by atoms with E-state index < -0.39 is 0 Å². The van der Waals surface area contributed by atoms with E-state index in [0.29, 0.717) is 6.04 Å². The second-order valence-corrected chi connectivity index (χ2v) is 5.63. The maximum atomic E-state index is 4.29. The Balaban J connectivity index is 1.57. The topological polar surface area (TPSA) is 58.9 Å². The van der Waals surface area contributed by atoms with Crippen LogP contribution in [0.4, 0.5) is 0 Å². The van der Waals surface area contributed by atoms with Crippen LogP contribution in [0.3, 0.4) is 0 Å². The summed E-state index contributed by atoms with van der Waals surface area (Å²) in [6.07, 6.45) is 8.19. The van der Waals surface area contributed by atoms with Gasteiger partial charge in [0.2, 0.25) is 0 Å². The minimum Gasteiger partial charge on any atom is -0.316 e. The molecule has 1 aliphatic heterocycles. The number of nitrogens with zero attached hydrogens (tertiary/aromatic N) is 5. The van der Waals surface area contributed by atoms with Crippen molar-refractivity contribution in [1.29, 1.82) is 0 Å². The SMILES string of the molecule is CNC1CCCN(Cc2cn(Cc3cccnc3)nn2)C1. The number of hydrogen-bond acceptors (Lipinski definition) is 5. The average molecular weight is 286 g/mol. The molecule has 0 amide bonds. The van der Waals surface area contributed by atoms with Gasteiger partial charge in [-0.25, -0.2) is 4.68 Å². The van der Waals surface area contributed by atoms with Gasteiger partial charge in [0, 0.05) is 31.5 Å². The third-order valence-electron chi connectivity index (χ3n) is 3.95. The number of likely N-dealkylation sites (tertiary alicyclic amines) is 1. The van der Waals surface area contributed by atoms with E-state index in [2.05, 4.69) is 31.6 Å². The Morgan fingerprint density at radius 2 is 2.33 bits per heavy atom. The van der Waals surface area contributed by atoms with Crippen LogP contribution in [0.2, 0.25) is 0 Å². The van der Waals surface area contributed by atoms with Gasteiger partial charge >= 0.3 is 0 Å². The first kappa shape index (κ1) is 14.2. The fraction of sp³-hybridized carbons (Fsp3) is 0.533. The number of nitrogens with one attached hydrogen (secondary N) is 1. The molecule has 1 fully saturated rings. The third-order valence-corrected chi connectivity index (χ3v) is 3.95. The number of piperidine rings is 1. The minimum absolute atomic E-state index is 0.601. The summed E-state index contributed by atoms with van der Waals surface area (Å²) in [4.78, 5) is 6.57. The Hall–Kier alpha value is -1.79. The van der Waals surface area contributed by atoms with E-state index in [-0.39, 0.29) is 0 Å². The van der Waals surface area contributed by atoms with Crippen LogP contribution in [-0.2, 0) is 13.1 Å². The molecule has 2 aromatic rings. The van der Waals surface area contributed by atoms with Crippen molar-refractivity contribution in [1.82, 2.24) is 30.2 Å². The Morgan fingerprint density at radius 3 is 3.14 bits per heavy atom. The van der Waals surface area contributed by atoms with Crippen LogP contribution in [0, 0.1) is 0 Å². The summed E-state index contributed by atoms with van der Waals surface area (Å²) in [5.41, 5.74) is 2.18. The zero-order chi connectivity index (χ0) is 14.5. The maximum absolute atomic E-state index is 4.29. The molecule has 1 saturated heterocycles. The molecule has 21 heavy (non-hydrogen) atoms. The lowest BCUT2D eigenvalue weighted by Crippen LogP contribution is -2.43. The molecule has 1 unspecified atom stereocenters. The van der Waals surface area contributed by atoms with Crippen LogP contribution in [0.1, 0.15) is 24.1 Å². The van der Waals surface area contributed by atoms with Crippen molar-refractivity contribution >= 4 is 0 Å².